The summed E-state index contributed by atoms with van der Waals surface area (Å²) in [6.07, 6.45) is 0.494. The van der Waals surface area contributed by atoms with Gasteiger partial charge in [-0.05, 0) is 36.6 Å². The summed E-state index contributed by atoms with van der Waals surface area (Å²) in [6, 6.07) is 14.2. The summed E-state index contributed by atoms with van der Waals surface area (Å²) in [4.78, 5) is 40.8. The standard InChI is InChI=1S/C24H26N4O6/c25-19-6-7-20(18(12-19)13-26-32)28-14-21(34-24(28)31)22(29)27-10-8-17(9-11-27)23(30)33-15-16-4-2-1-3-5-16/h1-7,12-13,17,21,32H,8-11,14-15,25H2/b26-13-. The second-order valence-corrected chi connectivity index (χ2v) is 8.24. The van der Waals surface area contributed by atoms with Crippen molar-refractivity contribution < 1.29 is 29.1 Å². The lowest BCUT2D eigenvalue weighted by Gasteiger charge is -2.32. The Labute approximate surface area is 196 Å². The Balaban J connectivity index is 1.31. The van der Waals surface area contributed by atoms with Gasteiger partial charge in [-0.25, -0.2) is 4.79 Å². The number of oxime groups is 1. The minimum absolute atomic E-state index is 0.0207. The van der Waals surface area contributed by atoms with E-state index in [9.17, 15) is 14.4 Å². The molecule has 2 heterocycles. The van der Waals surface area contributed by atoms with E-state index in [0.29, 0.717) is 42.9 Å². The van der Waals surface area contributed by atoms with Crippen LogP contribution in [-0.4, -0.2) is 60.0 Å². The molecule has 2 fully saturated rings. The molecule has 0 radical (unpaired) electrons. The van der Waals surface area contributed by atoms with Crippen molar-refractivity contribution in [2.75, 3.05) is 30.3 Å². The molecule has 1 atom stereocenters. The van der Waals surface area contributed by atoms with Crippen LogP contribution in [0.5, 0.6) is 0 Å². The van der Waals surface area contributed by atoms with Crippen molar-refractivity contribution >= 4 is 35.6 Å². The zero-order chi connectivity index (χ0) is 24.1. The van der Waals surface area contributed by atoms with E-state index >= 15 is 0 Å². The van der Waals surface area contributed by atoms with Crippen molar-refractivity contribution in [3.63, 3.8) is 0 Å². The molecule has 2 amide bonds. The first-order valence-electron chi connectivity index (χ1n) is 11.0. The number of ether oxygens (including phenoxy) is 2. The fourth-order valence-corrected chi connectivity index (χ4v) is 4.16. The highest BCUT2D eigenvalue weighted by atomic mass is 16.6. The third-order valence-corrected chi connectivity index (χ3v) is 5.99. The topological polar surface area (TPSA) is 135 Å². The number of benzene rings is 2. The van der Waals surface area contributed by atoms with Gasteiger partial charge in [0, 0.05) is 24.3 Å². The summed E-state index contributed by atoms with van der Waals surface area (Å²) in [7, 11) is 0. The smallest absolute Gasteiger partial charge is 0.415 e. The molecule has 0 spiro atoms. The second-order valence-electron chi connectivity index (χ2n) is 8.24. The minimum atomic E-state index is -0.967. The normalized spacial score (nSPS) is 18.8. The molecule has 2 aromatic rings. The Morgan fingerprint density at radius 3 is 2.62 bits per heavy atom. The molecule has 2 aliphatic rings. The predicted molar refractivity (Wildman–Crippen MR) is 123 cm³/mol. The van der Waals surface area contributed by atoms with Crippen LogP contribution in [0.4, 0.5) is 16.2 Å². The van der Waals surface area contributed by atoms with Gasteiger partial charge in [0.15, 0.2) is 6.10 Å². The zero-order valence-corrected chi connectivity index (χ0v) is 18.5. The Hall–Kier alpha value is -4.08. The predicted octanol–water partition coefficient (Wildman–Crippen LogP) is 2.38. The third kappa shape index (κ3) is 5.11. The van der Waals surface area contributed by atoms with Crippen LogP contribution in [0.25, 0.3) is 0 Å². The van der Waals surface area contributed by atoms with Crippen LogP contribution in [0, 0.1) is 5.92 Å². The summed E-state index contributed by atoms with van der Waals surface area (Å²) in [6.45, 7) is 0.998. The summed E-state index contributed by atoms with van der Waals surface area (Å²) >= 11 is 0. The quantitative estimate of drug-likeness (QED) is 0.219. The lowest BCUT2D eigenvalue weighted by Crippen LogP contribution is -2.46. The van der Waals surface area contributed by atoms with E-state index in [0.717, 1.165) is 11.8 Å². The molecule has 3 N–H and O–H groups in total. The van der Waals surface area contributed by atoms with E-state index in [2.05, 4.69) is 5.16 Å². The molecule has 178 valence electrons. The maximum absolute atomic E-state index is 13.0. The maximum Gasteiger partial charge on any atom is 0.415 e. The lowest BCUT2D eigenvalue weighted by molar-refractivity contribution is -0.153. The first kappa shape index (κ1) is 23.1. The summed E-state index contributed by atoms with van der Waals surface area (Å²) < 4.78 is 10.8. The van der Waals surface area contributed by atoms with E-state index in [-0.39, 0.29) is 30.9 Å². The number of hydrogen-bond donors (Lipinski definition) is 2. The van der Waals surface area contributed by atoms with E-state index in [1.807, 2.05) is 30.3 Å². The number of anilines is 2. The first-order valence-corrected chi connectivity index (χ1v) is 11.0. The molecule has 34 heavy (non-hydrogen) atoms. The SMILES string of the molecule is Nc1ccc(N2CC(C(=O)N3CCC(C(=O)OCc4ccccc4)CC3)OC2=O)c(/C=N\O)c1. The van der Waals surface area contributed by atoms with E-state index in [4.69, 9.17) is 20.4 Å². The van der Waals surface area contributed by atoms with Gasteiger partial charge in [0.05, 0.1) is 24.4 Å². The van der Waals surface area contributed by atoms with Gasteiger partial charge < -0.3 is 25.3 Å². The summed E-state index contributed by atoms with van der Waals surface area (Å²) in [5.74, 6) is -0.846. The number of nitrogens with two attached hydrogens (primary N) is 1. The second kappa shape index (κ2) is 10.2. The maximum atomic E-state index is 13.0. The Kier molecular flexibility index (Phi) is 6.95. The lowest BCUT2D eigenvalue weighted by atomic mass is 9.96. The van der Waals surface area contributed by atoms with Crippen molar-refractivity contribution in [2.45, 2.75) is 25.6 Å². The minimum Gasteiger partial charge on any atom is -0.461 e. The molecule has 0 aromatic heterocycles. The van der Waals surface area contributed by atoms with Gasteiger partial charge in [-0.15, -0.1) is 0 Å². The third-order valence-electron chi connectivity index (χ3n) is 5.99. The fourth-order valence-electron chi connectivity index (χ4n) is 4.16. The Bertz CT molecular complexity index is 1080. The molecule has 4 rings (SSSR count). The average molecular weight is 466 g/mol. The number of rotatable bonds is 6. The Morgan fingerprint density at radius 2 is 1.91 bits per heavy atom. The number of nitrogens with zero attached hydrogens (tertiary/aromatic N) is 3. The number of carbonyl (C=O) groups excluding carboxylic acids is 3. The monoisotopic (exact) mass is 466 g/mol. The number of piperidine rings is 1. The van der Waals surface area contributed by atoms with Crippen molar-refractivity contribution in [1.29, 1.82) is 0 Å². The first-order chi connectivity index (χ1) is 16.5. The zero-order valence-electron chi connectivity index (χ0n) is 18.5. The van der Waals surface area contributed by atoms with Gasteiger partial charge >= 0.3 is 12.1 Å². The molecule has 10 heteroatoms. The molecular formula is C24H26N4O6. The van der Waals surface area contributed by atoms with Gasteiger partial charge in [0.1, 0.15) is 6.61 Å². The summed E-state index contributed by atoms with van der Waals surface area (Å²) in [5, 5.41) is 11.9. The Morgan fingerprint density at radius 1 is 1.18 bits per heavy atom. The van der Waals surface area contributed by atoms with Crippen LogP contribution >= 0.6 is 0 Å². The van der Waals surface area contributed by atoms with Gasteiger partial charge in [0.2, 0.25) is 0 Å². The molecule has 0 bridgehead atoms. The van der Waals surface area contributed by atoms with Crippen LogP contribution in [0.2, 0.25) is 0 Å². The molecule has 1 unspecified atom stereocenters. The van der Waals surface area contributed by atoms with Gasteiger partial charge in [-0.2, -0.15) is 0 Å². The van der Waals surface area contributed by atoms with Crippen molar-refractivity contribution in [1.82, 2.24) is 4.90 Å². The molecule has 0 saturated carbocycles. The van der Waals surface area contributed by atoms with Crippen molar-refractivity contribution in [3.05, 3.63) is 59.7 Å². The van der Waals surface area contributed by atoms with Crippen LogP contribution in [0.15, 0.2) is 53.7 Å². The fraction of sp³-hybridized carbons (Fsp3) is 0.333. The van der Waals surface area contributed by atoms with E-state index in [1.54, 1.807) is 23.1 Å². The van der Waals surface area contributed by atoms with Gasteiger partial charge in [0.25, 0.3) is 5.91 Å². The number of esters is 1. The van der Waals surface area contributed by atoms with Gasteiger partial charge in [-0.3, -0.25) is 14.5 Å². The number of likely N-dealkylation sites (tertiary alicyclic amines) is 1. The highest BCUT2D eigenvalue weighted by molar-refractivity contribution is 6.00. The van der Waals surface area contributed by atoms with Crippen LogP contribution in [0.3, 0.4) is 0 Å². The average Bonchev–Trinajstić information content (AvgIpc) is 3.24. The number of hydrogen-bond acceptors (Lipinski definition) is 8. The molecular weight excluding hydrogens is 440 g/mol. The van der Waals surface area contributed by atoms with Gasteiger partial charge in [-0.1, -0.05) is 35.5 Å². The van der Waals surface area contributed by atoms with E-state index < -0.39 is 12.2 Å². The number of amides is 2. The highest BCUT2D eigenvalue weighted by Crippen LogP contribution is 2.28. The highest BCUT2D eigenvalue weighted by Gasteiger charge is 2.41. The summed E-state index contributed by atoms with van der Waals surface area (Å²) in [5.41, 5.74) is 7.97. The van der Waals surface area contributed by atoms with Crippen LogP contribution in [0.1, 0.15) is 24.0 Å². The van der Waals surface area contributed by atoms with Crippen molar-refractivity contribution in [2.24, 2.45) is 11.1 Å². The molecule has 2 aromatic carbocycles. The molecule has 2 saturated heterocycles. The van der Waals surface area contributed by atoms with Crippen LogP contribution < -0.4 is 10.6 Å². The number of carbonyl (C=O) groups is 3. The van der Waals surface area contributed by atoms with Crippen LogP contribution in [-0.2, 0) is 25.7 Å². The molecule has 0 aliphatic carbocycles. The molecule has 10 nitrogen and oxygen atoms in total. The van der Waals surface area contributed by atoms with Crippen molar-refractivity contribution in [3.8, 4) is 0 Å². The number of nitrogen functional groups attached to an aromatic ring is 1. The largest absolute Gasteiger partial charge is 0.461 e. The molecule has 2 aliphatic heterocycles. The number of cyclic esters (lactones) is 1. The van der Waals surface area contributed by atoms with E-state index in [1.165, 1.54) is 4.90 Å².